The van der Waals surface area contributed by atoms with Gasteiger partial charge in [-0.15, -0.1) is 0 Å². The second kappa shape index (κ2) is 6.30. The standard InChI is InChI=1S/C21H19N5O2/c1-25-20(27)14-8-3-2-7-13(14)18(24-25)21(28)26-12-6-11-17(26)19-22-15-9-4-5-10-16(15)23-19/h2-5,7-10,17H,6,11-12H2,1H3,(H,22,23)/t17-/m1/s1. The van der Waals surface area contributed by atoms with Crippen LogP contribution in [0.1, 0.15) is 35.2 Å². The van der Waals surface area contributed by atoms with Crippen molar-refractivity contribution in [1.29, 1.82) is 0 Å². The smallest absolute Gasteiger partial charge is 0.275 e. The fourth-order valence-corrected chi connectivity index (χ4v) is 4.02. The lowest BCUT2D eigenvalue weighted by Crippen LogP contribution is -2.34. The Hall–Kier alpha value is -3.48. The largest absolute Gasteiger partial charge is 0.340 e. The number of nitrogens with one attached hydrogen (secondary N) is 1. The molecular formula is C21H19N5O2. The maximum atomic E-state index is 13.4. The lowest BCUT2D eigenvalue weighted by molar-refractivity contribution is 0.0724. The number of aromatic amines is 1. The topological polar surface area (TPSA) is 83.9 Å². The van der Waals surface area contributed by atoms with Crippen molar-refractivity contribution >= 4 is 27.7 Å². The Balaban J connectivity index is 1.59. The molecule has 1 aliphatic heterocycles. The highest BCUT2D eigenvalue weighted by molar-refractivity contribution is 6.05. The van der Waals surface area contributed by atoms with Gasteiger partial charge in [0.2, 0.25) is 0 Å². The third-order valence-corrected chi connectivity index (χ3v) is 5.40. The predicted molar refractivity (Wildman–Crippen MR) is 106 cm³/mol. The Kier molecular flexibility index (Phi) is 3.75. The van der Waals surface area contributed by atoms with Crippen LogP contribution in [0.5, 0.6) is 0 Å². The molecule has 0 bridgehead atoms. The molecular weight excluding hydrogens is 354 g/mol. The number of aryl methyl sites for hydroxylation is 1. The van der Waals surface area contributed by atoms with E-state index >= 15 is 0 Å². The second-order valence-electron chi connectivity index (χ2n) is 7.12. The van der Waals surface area contributed by atoms with E-state index in [1.54, 1.807) is 25.2 Å². The first-order valence-corrected chi connectivity index (χ1v) is 9.35. The second-order valence-corrected chi connectivity index (χ2v) is 7.12. The molecule has 1 aliphatic rings. The molecule has 1 amide bonds. The first kappa shape index (κ1) is 16.7. The van der Waals surface area contributed by atoms with Crippen LogP contribution < -0.4 is 5.56 Å². The number of carbonyl (C=O) groups excluding carboxylic acids is 1. The normalized spacial score (nSPS) is 16.9. The Morgan fingerprint density at radius 3 is 2.68 bits per heavy atom. The zero-order valence-electron chi connectivity index (χ0n) is 15.4. The number of rotatable bonds is 2. The van der Waals surface area contributed by atoms with Crippen molar-refractivity contribution in [1.82, 2.24) is 24.6 Å². The molecule has 2 aromatic carbocycles. The quantitative estimate of drug-likeness (QED) is 0.586. The molecule has 0 radical (unpaired) electrons. The Labute approximate surface area is 160 Å². The molecule has 0 aliphatic carbocycles. The van der Waals surface area contributed by atoms with Crippen LogP contribution >= 0.6 is 0 Å². The van der Waals surface area contributed by atoms with Gasteiger partial charge in [0.15, 0.2) is 5.69 Å². The molecule has 0 spiro atoms. The minimum atomic E-state index is -0.206. The number of likely N-dealkylation sites (tertiary alicyclic amines) is 1. The van der Waals surface area contributed by atoms with Crippen molar-refractivity contribution in [2.24, 2.45) is 7.05 Å². The summed E-state index contributed by atoms with van der Waals surface area (Å²) in [5, 5.41) is 5.39. The summed E-state index contributed by atoms with van der Waals surface area (Å²) in [6, 6.07) is 14.9. The molecule has 0 saturated carbocycles. The zero-order valence-corrected chi connectivity index (χ0v) is 15.4. The molecule has 7 nitrogen and oxygen atoms in total. The molecule has 1 saturated heterocycles. The van der Waals surface area contributed by atoms with Gasteiger partial charge in [0.1, 0.15) is 5.82 Å². The number of H-pyrrole nitrogens is 1. The van der Waals surface area contributed by atoms with Gasteiger partial charge in [-0.25, -0.2) is 9.67 Å². The highest BCUT2D eigenvalue weighted by Crippen LogP contribution is 2.33. The molecule has 2 aromatic heterocycles. The zero-order chi connectivity index (χ0) is 19.3. The minimum absolute atomic E-state index is 0.127. The van der Waals surface area contributed by atoms with Crippen molar-refractivity contribution in [3.63, 3.8) is 0 Å². The van der Waals surface area contributed by atoms with Gasteiger partial charge in [-0.05, 0) is 31.0 Å². The van der Waals surface area contributed by atoms with Crippen LogP contribution in [0.3, 0.4) is 0 Å². The van der Waals surface area contributed by atoms with E-state index in [9.17, 15) is 9.59 Å². The highest BCUT2D eigenvalue weighted by atomic mass is 16.2. The highest BCUT2D eigenvalue weighted by Gasteiger charge is 2.34. The summed E-state index contributed by atoms with van der Waals surface area (Å²) in [6.45, 7) is 0.638. The number of hydrogen-bond acceptors (Lipinski definition) is 4. The van der Waals surface area contributed by atoms with Crippen LogP contribution in [0, 0.1) is 0 Å². The van der Waals surface area contributed by atoms with Gasteiger partial charge in [0.25, 0.3) is 11.5 Å². The van der Waals surface area contributed by atoms with E-state index in [-0.39, 0.29) is 17.5 Å². The first-order valence-electron chi connectivity index (χ1n) is 9.35. The van der Waals surface area contributed by atoms with Gasteiger partial charge in [-0.3, -0.25) is 9.59 Å². The summed E-state index contributed by atoms with van der Waals surface area (Å²) >= 11 is 0. The average molecular weight is 373 g/mol. The van der Waals surface area contributed by atoms with E-state index in [2.05, 4.69) is 15.1 Å². The van der Waals surface area contributed by atoms with E-state index in [1.807, 2.05) is 35.2 Å². The number of fused-ring (bicyclic) bond motifs is 2. The molecule has 5 rings (SSSR count). The molecule has 1 N–H and O–H groups in total. The monoisotopic (exact) mass is 373 g/mol. The summed E-state index contributed by atoms with van der Waals surface area (Å²) < 4.78 is 1.24. The number of aromatic nitrogens is 4. The Morgan fingerprint density at radius 2 is 1.86 bits per heavy atom. The molecule has 1 atom stereocenters. The molecule has 4 aromatic rings. The number of nitrogens with zero attached hydrogens (tertiary/aromatic N) is 4. The van der Waals surface area contributed by atoms with Gasteiger partial charge in [-0.1, -0.05) is 30.3 Å². The van der Waals surface area contributed by atoms with Crippen LogP contribution in [0.2, 0.25) is 0 Å². The summed E-state index contributed by atoms with van der Waals surface area (Å²) in [4.78, 5) is 35.7. The maximum absolute atomic E-state index is 13.4. The maximum Gasteiger partial charge on any atom is 0.275 e. The van der Waals surface area contributed by atoms with Gasteiger partial charge in [-0.2, -0.15) is 5.10 Å². The van der Waals surface area contributed by atoms with E-state index in [0.29, 0.717) is 23.0 Å². The van der Waals surface area contributed by atoms with Crippen LogP contribution in [0.25, 0.3) is 21.8 Å². The number of para-hydroxylation sites is 2. The number of hydrogen-bond donors (Lipinski definition) is 1. The number of imidazole rings is 1. The van der Waals surface area contributed by atoms with Gasteiger partial charge in [0.05, 0.1) is 22.5 Å². The summed E-state index contributed by atoms with van der Waals surface area (Å²) in [5.41, 5.74) is 1.95. The molecule has 28 heavy (non-hydrogen) atoms. The van der Waals surface area contributed by atoms with E-state index in [4.69, 9.17) is 0 Å². The molecule has 140 valence electrons. The Morgan fingerprint density at radius 1 is 1.11 bits per heavy atom. The summed E-state index contributed by atoms with van der Waals surface area (Å²) in [6.07, 6.45) is 1.74. The van der Waals surface area contributed by atoms with Crippen LogP contribution in [0.15, 0.2) is 53.3 Å². The Bertz CT molecular complexity index is 1240. The third-order valence-electron chi connectivity index (χ3n) is 5.40. The summed E-state index contributed by atoms with van der Waals surface area (Å²) in [5.74, 6) is 0.621. The van der Waals surface area contributed by atoms with Crippen molar-refractivity contribution in [2.45, 2.75) is 18.9 Å². The van der Waals surface area contributed by atoms with Crippen molar-refractivity contribution < 1.29 is 4.79 Å². The molecule has 7 heteroatoms. The average Bonchev–Trinajstić information content (AvgIpc) is 3.36. The number of carbonyl (C=O) groups is 1. The van der Waals surface area contributed by atoms with E-state index < -0.39 is 0 Å². The number of benzene rings is 2. The number of amides is 1. The van der Waals surface area contributed by atoms with Crippen LogP contribution in [0.4, 0.5) is 0 Å². The molecule has 1 fully saturated rings. The van der Waals surface area contributed by atoms with Gasteiger partial charge < -0.3 is 9.88 Å². The van der Waals surface area contributed by atoms with Crippen molar-refractivity contribution in [2.75, 3.05) is 6.54 Å². The van der Waals surface area contributed by atoms with Gasteiger partial charge >= 0.3 is 0 Å². The van der Waals surface area contributed by atoms with E-state index in [1.165, 1.54) is 4.68 Å². The fraction of sp³-hybridized carbons (Fsp3) is 0.238. The van der Waals surface area contributed by atoms with Gasteiger partial charge in [0, 0.05) is 19.0 Å². The SMILES string of the molecule is Cn1nc(C(=O)N2CCC[C@@H]2c2nc3ccccc3[nH]2)c2ccccc2c1=O. The molecule has 0 unspecified atom stereocenters. The minimum Gasteiger partial charge on any atom is -0.340 e. The van der Waals surface area contributed by atoms with Crippen LogP contribution in [-0.2, 0) is 7.05 Å². The molecule has 3 heterocycles. The predicted octanol–water partition coefficient (Wildman–Crippen LogP) is 2.79. The van der Waals surface area contributed by atoms with E-state index in [0.717, 1.165) is 29.7 Å². The lowest BCUT2D eigenvalue weighted by atomic mass is 10.1. The van der Waals surface area contributed by atoms with Crippen LogP contribution in [-0.4, -0.2) is 37.1 Å². The fourth-order valence-electron chi connectivity index (χ4n) is 4.02. The third kappa shape index (κ3) is 2.51. The van der Waals surface area contributed by atoms with Crippen molar-refractivity contribution in [3.05, 3.63) is 70.4 Å². The first-order chi connectivity index (χ1) is 13.6. The summed E-state index contributed by atoms with van der Waals surface area (Å²) in [7, 11) is 1.58. The lowest BCUT2D eigenvalue weighted by Gasteiger charge is -2.23. The van der Waals surface area contributed by atoms with Crippen molar-refractivity contribution in [3.8, 4) is 0 Å².